The molecule has 1 heterocycles. The molecule has 1 aliphatic rings. The Morgan fingerprint density at radius 3 is 1.97 bits per heavy atom. The molecule has 0 unspecified atom stereocenters. The van der Waals surface area contributed by atoms with Crippen molar-refractivity contribution in [1.29, 1.82) is 0 Å². The average Bonchev–Trinajstić information content (AvgIpc) is 2.79. The van der Waals surface area contributed by atoms with Gasteiger partial charge in [-0.1, -0.05) is 12.1 Å². The number of halogens is 1. The highest BCUT2D eigenvalue weighted by Crippen LogP contribution is 2.20. The first-order valence-corrected chi connectivity index (χ1v) is 11.9. The van der Waals surface area contributed by atoms with E-state index < -0.39 is 15.8 Å². The number of hydrogen-bond donors (Lipinski definition) is 0. The number of sulfonamides is 1. The summed E-state index contributed by atoms with van der Waals surface area (Å²) < 4.78 is 40.6. The Morgan fingerprint density at radius 1 is 0.938 bits per heavy atom. The van der Waals surface area contributed by atoms with Crippen molar-refractivity contribution in [3.05, 3.63) is 65.0 Å². The van der Waals surface area contributed by atoms with Gasteiger partial charge in [0.25, 0.3) is 11.8 Å². The van der Waals surface area contributed by atoms with E-state index in [4.69, 9.17) is 0 Å². The quantitative estimate of drug-likeness (QED) is 0.686. The number of nitrogens with zero attached hydrogens (tertiary/aromatic N) is 3. The first kappa shape index (κ1) is 23.9. The van der Waals surface area contributed by atoms with Crippen LogP contribution in [0.3, 0.4) is 0 Å². The van der Waals surface area contributed by atoms with Crippen LogP contribution in [-0.4, -0.2) is 73.6 Å². The van der Waals surface area contributed by atoms with Gasteiger partial charge in [-0.2, -0.15) is 4.31 Å². The maximum absolute atomic E-state index is 13.8. The molecule has 0 N–H and O–H groups in total. The van der Waals surface area contributed by atoms with Gasteiger partial charge in [-0.25, -0.2) is 12.8 Å². The third kappa shape index (κ3) is 4.83. The summed E-state index contributed by atoms with van der Waals surface area (Å²) in [6.45, 7) is 6.43. The topological polar surface area (TPSA) is 78.0 Å². The highest BCUT2D eigenvalue weighted by molar-refractivity contribution is 7.89. The molecule has 3 rings (SSSR count). The highest BCUT2D eigenvalue weighted by atomic mass is 32.2. The Hall–Kier alpha value is -2.78. The van der Waals surface area contributed by atoms with E-state index in [2.05, 4.69) is 0 Å². The second-order valence-corrected chi connectivity index (χ2v) is 10.2. The lowest BCUT2D eigenvalue weighted by atomic mass is 10.1. The van der Waals surface area contributed by atoms with Crippen molar-refractivity contribution in [3.8, 4) is 0 Å². The van der Waals surface area contributed by atoms with E-state index in [-0.39, 0.29) is 33.9 Å². The monoisotopic (exact) mass is 461 g/mol. The average molecular weight is 462 g/mol. The maximum atomic E-state index is 13.8. The zero-order valence-corrected chi connectivity index (χ0v) is 19.5. The number of carbonyl (C=O) groups is 2. The van der Waals surface area contributed by atoms with Crippen molar-refractivity contribution in [2.45, 2.75) is 31.7 Å². The predicted molar refractivity (Wildman–Crippen MR) is 119 cm³/mol. The second kappa shape index (κ2) is 9.38. The zero-order valence-electron chi connectivity index (χ0n) is 18.7. The van der Waals surface area contributed by atoms with Crippen LogP contribution in [0.15, 0.2) is 47.4 Å². The van der Waals surface area contributed by atoms with Crippen molar-refractivity contribution in [1.82, 2.24) is 14.1 Å². The molecule has 1 fully saturated rings. The molecule has 0 radical (unpaired) electrons. The molecule has 0 bridgehead atoms. The van der Waals surface area contributed by atoms with Gasteiger partial charge in [-0.05, 0) is 56.7 Å². The lowest BCUT2D eigenvalue weighted by Gasteiger charge is -2.35. The van der Waals surface area contributed by atoms with Crippen molar-refractivity contribution in [3.63, 3.8) is 0 Å². The Balaban J connectivity index is 1.69. The molecule has 2 aromatic carbocycles. The van der Waals surface area contributed by atoms with Gasteiger partial charge in [-0.15, -0.1) is 0 Å². The van der Waals surface area contributed by atoms with E-state index in [0.717, 1.165) is 0 Å². The number of carbonyl (C=O) groups excluding carboxylic acids is 2. The molecule has 1 aliphatic heterocycles. The Morgan fingerprint density at radius 2 is 1.47 bits per heavy atom. The molecular weight excluding hydrogens is 433 g/mol. The van der Waals surface area contributed by atoms with Crippen LogP contribution in [0.1, 0.15) is 40.1 Å². The summed E-state index contributed by atoms with van der Waals surface area (Å²) in [4.78, 5) is 28.9. The SMILES string of the molecule is Cc1ccc(C(=O)N2CCN(C(=O)c3cccc(S(=O)(=O)N(C)C(C)C)c3)CC2)cc1F. The normalized spacial score (nSPS) is 14.8. The van der Waals surface area contributed by atoms with E-state index in [1.165, 1.54) is 29.6 Å². The van der Waals surface area contributed by atoms with E-state index in [1.54, 1.807) is 54.8 Å². The van der Waals surface area contributed by atoms with Crippen molar-refractivity contribution in [2.75, 3.05) is 33.2 Å². The third-order valence-electron chi connectivity index (χ3n) is 5.76. The first-order valence-electron chi connectivity index (χ1n) is 10.4. The molecule has 0 aliphatic carbocycles. The highest BCUT2D eigenvalue weighted by Gasteiger charge is 2.28. The Labute approximate surface area is 188 Å². The van der Waals surface area contributed by atoms with Crippen molar-refractivity contribution < 1.29 is 22.4 Å². The van der Waals surface area contributed by atoms with E-state index >= 15 is 0 Å². The predicted octanol–water partition coefficient (Wildman–Crippen LogP) is 2.76. The molecule has 2 aromatic rings. The van der Waals surface area contributed by atoms with Crippen molar-refractivity contribution in [2.24, 2.45) is 0 Å². The molecule has 172 valence electrons. The number of hydrogen-bond acceptors (Lipinski definition) is 4. The number of benzene rings is 2. The Kier molecular flexibility index (Phi) is 7.00. The van der Waals surface area contributed by atoms with Crippen LogP contribution in [0.5, 0.6) is 0 Å². The molecule has 9 heteroatoms. The molecular formula is C23H28FN3O4S. The molecule has 0 aromatic heterocycles. The summed E-state index contributed by atoms with van der Waals surface area (Å²) in [5, 5.41) is 0. The van der Waals surface area contributed by atoms with Gasteiger partial charge in [0.05, 0.1) is 4.90 Å². The lowest BCUT2D eigenvalue weighted by Crippen LogP contribution is -2.50. The number of amides is 2. The van der Waals surface area contributed by atoms with Gasteiger partial charge >= 0.3 is 0 Å². The van der Waals surface area contributed by atoms with Gasteiger partial charge in [0.1, 0.15) is 5.82 Å². The summed E-state index contributed by atoms with van der Waals surface area (Å²) in [6, 6.07) is 10.2. The van der Waals surface area contributed by atoms with Crippen LogP contribution >= 0.6 is 0 Å². The molecule has 0 saturated carbocycles. The number of piperazine rings is 1. The fourth-order valence-electron chi connectivity index (χ4n) is 3.44. The molecule has 0 spiro atoms. The fraction of sp³-hybridized carbons (Fsp3) is 0.391. The molecule has 7 nitrogen and oxygen atoms in total. The summed E-state index contributed by atoms with van der Waals surface area (Å²) in [5.41, 5.74) is 1.03. The van der Waals surface area contributed by atoms with Crippen molar-refractivity contribution >= 4 is 21.8 Å². The van der Waals surface area contributed by atoms with Gasteiger partial charge in [0.15, 0.2) is 0 Å². The first-order chi connectivity index (χ1) is 15.0. The largest absolute Gasteiger partial charge is 0.335 e. The van der Waals surface area contributed by atoms with Crippen LogP contribution in [0.25, 0.3) is 0 Å². The summed E-state index contributed by atoms with van der Waals surface area (Å²) in [5.74, 6) is -0.994. The van der Waals surface area contributed by atoms with Gasteiger partial charge in [-0.3, -0.25) is 9.59 Å². The third-order valence-corrected chi connectivity index (χ3v) is 7.79. The standard InChI is InChI=1S/C23H28FN3O4S/c1-16(2)25(4)32(30,31)20-7-5-6-18(14-20)22(28)26-10-12-27(13-11-26)23(29)19-9-8-17(3)21(24)15-19/h5-9,14-16H,10-13H2,1-4H3. The minimum absolute atomic E-state index is 0.0646. The molecule has 0 atom stereocenters. The van der Waals surface area contributed by atoms with Gasteiger partial charge < -0.3 is 9.80 Å². The minimum atomic E-state index is -3.70. The van der Waals surface area contributed by atoms with E-state index in [9.17, 15) is 22.4 Å². The van der Waals surface area contributed by atoms with Crippen LogP contribution in [-0.2, 0) is 10.0 Å². The fourth-order valence-corrected chi connectivity index (χ4v) is 4.85. The van der Waals surface area contributed by atoms with E-state index in [0.29, 0.717) is 31.7 Å². The van der Waals surface area contributed by atoms with Gasteiger partial charge in [0.2, 0.25) is 10.0 Å². The van der Waals surface area contributed by atoms with Gasteiger partial charge in [0, 0.05) is 50.4 Å². The summed E-state index contributed by atoms with van der Waals surface area (Å²) in [7, 11) is -2.20. The van der Waals surface area contributed by atoms with Crippen LogP contribution in [0.4, 0.5) is 4.39 Å². The maximum Gasteiger partial charge on any atom is 0.254 e. The number of aryl methyl sites for hydroxylation is 1. The Bertz CT molecular complexity index is 1130. The smallest absolute Gasteiger partial charge is 0.254 e. The lowest BCUT2D eigenvalue weighted by molar-refractivity contribution is 0.0535. The molecule has 1 saturated heterocycles. The van der Waals surface area contributed by atoms with Crippen LogP contribution in [0, 0.1) is 12.7 Å². The summed E-state index contributed by atoms with van der Waals surface area (Å²) in [6.07, 6.45) is 0. The zero-order chi connectivity index (χ0) is 23.6. The van der Waals surface area contributed by atoms with Crippen LogP contribution in [0.2, 0.25) is 0 Å². The molecule has 32 heavy (non-hydrogen) atoms. The minimum Gasteiger partial charge on any atom is -0.335 e. The summed E-state index contributed by atoms with van der Waals surface area (Å²) >= 11 is 0. The van der Waals surface area contributed by atoms with E-state index in [1.807, 2.05) is 0 Å². The number of rotatable bonds is 5. The van der Waals surface area contributed by atoms with Crippen LogP contribution < -0.4 is 0 Å². The molecule has 2 amide bonds. The second-order valence-electron chi connectivity index (χ2n) is 8.19.